The van der Waals surface area contributed by atoms with Crippen molar-refractivity contribution in [3.63, 3.8) is 0 Å². The minimum absolute atomic E-state index is 0.134. The van der Waals surface area contributed by atoms with Crippen molar-refractivity contribution >= 4 is 5.91 Å². The minimum Gasteiger partial charge on any atom is -0.337 e. The van der Waals surface area contributed by atoms with Crippen molar-refractivity contribution in [2.24, 2.45) is 5.92 Å². The third kappa shape index (κ3) is 2.67. The maximum Gasteiger partial charge on any atom is 0.274 e. The number of likely N-dealkylation sites (tertiary alicyclic amines) is 1. The minimum atomic E-state index is 0.134. The summed E-state index contributed by atoms with van der Waals surface area (Å²) < 4.78 is 0. The van der Waals surface area contributed by atoms with Gasteiger partial charge in [0.2, 0.25) is 0 Å². The molecule has 1 amide bonds. The van der Waals surface area contributed by atoms with Crippen LogP contribution in [-0.4, -0.2) is 45.5 Å². The predicted octanol–water partition coefficient (Wildman–Crippen LogP) is 2.54. The second-order valence-corrected chi connectivity index (χ2v) is 7.20. The normalized spacial score (nSPS) is 23.2. The van der Waals surface area contributed by atoms with Crippen LogP contribution in [0.5, 0.6) is 0 Å². The first-order valence-corrected chi connectivity index (χ1v) is 8.89. The molecule has 0 atom stereocenters. The molecule has 120 valence electrons. The summed E-state index contributed by atoms with van der Waals surface area (Å²) in [6.45, 7) is 4.81. The molecule has 0 bridgehead atoms. The molecule has 1 saturated carbocycles. The quantitative estimate of drug-likeness (QED) is 0.933. The van der Waals surface area contributed by atoms with E-state index in [1.165, 1.54) is 44.3 Å². The van der Waals surface area contributed by atoms with Crippen LogP contribution in [0, 0.1) is 5.92 Å². The zero-order valence-corrected chi connectivity index (χ0v) is 13.3. The van der Waals surface area contributed by atoms with E-state index in [0.717, 1.165) is 50.5 Å². The fourth-order valence-corrected chi connectivity index (χ4v) is 4.32. The van der Waals surface area contributed by atoms with E-state index < -0.39 is 0 Å². The highest BCUT2D eigenvalue weighted by Crippen LogP contribution is 2.30. The highest BCUT2D eigenvalue weighted by atomic mass is 16.2. The van der Waals surface area contributed by atoms with Crippen LogP contribution in [0.4, 0.5) is 0 Å². The van der Waals surface area contributed by atoms with Crippen molar-refractivity contribution in [1.29, 1.82) is 0 Å². The predicted molar refractivity (Wildman–Crippen MR) is 84.4 cm³/mol. The standard InChI is InChI=1S/C17H26N4O/c22-17(21-8-4-5-9-21)16-14-11-20(12-15(14)18-19-16)10-13-6-2-1-3-7-13/h13H,1-12H2,(H,18,19). The van der Waals surface area contributed by atoms with Crippen LogP contribution in [0.1, 0.15) is 66.7 Å². The van der Waals surface area contributed by atoms with Gasteiger partial charge in [-0.15, -0.1) is 0 Å². The number of nitrogens with one attached hydrogen (secondary N) is 1. The van der Waals surface area contributed by atoms with Gasteiger partial charge in [0.15, 0.2) is 5.69 Å². The van der Waals surface area contributed by atoms with Gasteiger partial charge in [-0.1, -0.05) is 19.3 Å². The van der Waals surface area contributed by atoms with Gasteiger partial charge in [-0.05, 0) is 31.6 Å². The average Bonchev–Trinajstić information content (AvgIpc) is 3.24. The largest absolute Gasteiger partial charge is 0.337 e. The third-order valence-electron chi connectivity index (χ3n) is 5.55. The molecule has 1 aromatic rings. The molecule has 5 heteroatoms. The summed E-state index contributed by atoms with van der Waals surface area (Å²) in [7, 11) is 0. The molecule has 0 unspecified atom stereocenters. The molecule has 3 aliphatic rings. The molecule has 22 heavy (non-hydrogen) atoms. The second-order valence-electron chi connectivity index (χ2n) is 7.20. The number of amides is 1. The van der Waals surface area contributed by atoms with E-state index in [-0.39, 0.29) is 5.91 Å². The van der Waals surface area contributed by atoms with E-state index in [9.17, 15) is 4.79 Å². The van der Waals surface area contributed by atoms with Gasteiger partial charge in [-0.2, -0.15) is 5.10 Å². The van der Waals surface area contributed by atoms with Crippen LogP contribution < -0.4 is 0 Å². The van der Waals surface area contributed by atoms with Crippen molar-refractivity contribution in [3.8, 4) is 0 Å². The number of aromatic amines is 1. The zero-order chi connectivity index (χ0) is 14.9. The Labute approximate surface area is 132 Å². The van der Waals surface area contributed by atoms with Gasteiger partial charge in [-0.3, -0.25) is 14.8 Å². The van der Waals surface area contributed by atoms with Gasteiger partial charge < -0.3 is 4.90 Å². The third-order valence-corrected chi connectivity index (χ3v) is 5.55. The molecular formula is C17H26N4O. The Morgan fingerprint density at radius 3 is 2.64 bits per heavy atom. The maximum atomic E-state index is 12.6. The van der Waals surface area contributed by atoms with E-state index in [1.54, 1.807) is 0 Å². The number of carbonyl (C=O) groups excluding carboxylic acids is 1. The van der Waals surface area contributed by atoms with Crippen molar-refractivity contribution in [2.45, 2.75) is 58.0 Å². The number of aromatic nitrogens is 2. The van der Waals surface area contributed by atoms with Crippen LogP contribution >= 0.6 is 0 Å². The van der Waals surface area contributed by atoms with Gasteiger partial charge in [0.05, 0.1) is 5.69 Å². The SMILES string of the molecule is O=C(c1n[nH]c2c1CN(CC1CCCCC1)C2)N1CCCC1. The maximum absolute atomic E-state index is 12.6. The Morgan fingerprint density at radius 2 is 1.86 bits per heavy atom. The Hall–Kier alpha value is -1.36. The summed E-state index contributed by atoms with van der Waals surface area (Å²) in [4.78, 5) is 17.0. The lowest BCUT2D eigenvalue weighted by molar-refractivity contribution is 0.0785. The molecule has 3 heterocycles. The zero-order valence-electron chi connectivity index (χ0n) is 13.3. The molecule has 0 radical (unpaired) electrons. The number of hydrogen-bond acceptors (Lipinski definition) is 3. The Bertz CT molecular complexity index is 541. The van der Waals surface area contributed by atoms with Crippen molar-refractivity contribution < 1.29 is 4.79 Å². The Balaban J connectivity index is 1.42. The molecular weight excluding hydrogens is 276 g/mol. The lowest BCUT2D eigenvalue weighted by Crippen LogP contribution is -2.30. The highest BCUT2D eigenvalue weighted by Gasteiger charge is 2.31. The van der Waals surface area contributed by atoms with Crippen molar-refractivity contribution in [1.82, 2.24) is 20.0 Å². The molecule has 0 spiro atoms. The number of nitrogens with zero attached hydrogens (tertiary/aromatic N) is 3. The topological polar surface area (TPSA) is 52.2 Å². The number of H-pyrrole nitrogens is 1. The van der Waals surface area contributed by atoms with Crippen LogP contribution in [0.2, 0.25) is 0 Å². The van der Waals surface area contributed by atoms with Crippen molar-refractivity contribution in [3.05, 3.63) is 17.0 Å². The summed E-state index contributed by atoms with van der Waals surface area (Å²) in [6.07, 6.45) is 9.21. The number of fused-ring (bicyclic) bond motifs is 1. The molecule has 1 N–H and O–H groups in total. The Kier molecular flexibility index (Phi) is 3.90. The van der Waals surface area contributed by atoms with Gasteiger partial charge in [0.25, 0.3) is 5.91 Å². The van der Waals surface area contributed by atoms with E-state index in [2.05, 4.69) is 15.1 Å². The first-order valence-electron chi connectivity index (χ1n) is 8.89. The lowest BCUT2D eigenvalue weighted by atomic mass is 9.89. The molecule has 2 fully saturated rings. The fraction of sp³-hybridized carbons (Fsp3) is 0.765. The first kappa shape index (κ1) is 14.2. The molecule has 4 rings (SSSR count). The summed E-state index contributed by atoms with van der Waals surface area (Å²) in [5, 5.41) is 7.44. The van der Waals surface area contributed by atoms with E-state index in [0.29, 0.717) is 5.69 Å². The molecule has 1 saturated heterocycles. The summed E-state index contributed by atoms with van der Waals surface area (Å²) >= 11 is 0. The summed E-state index contributed by atoms with van der Waals surface area (Å²) in [5.41, 5.74) is 3.01. The molecule has 1 aromatic heterocycles. The monoisotopic (exact) mass is 302 g/mol. The highest BCUT2D eigenvalue weighted by molar-refractivity contribution is 5.94. The number of rotatable bonds is 3. The van der Waals surface area contributed by atoms with Crippen LogP contribution in [0.25, 0.3) is 0 Å². The van der Waals surface area contributed by atoms with Gasteiger partial charge in [0, 0.05) is 38.3 Å². The number of hydrogen-bond donors (Lipinski definition) is 1. The smallest absolute Gasteiger partial charge is 0.274 e. The average molecular weight is 302 g/mol. The number of carbonyl (C=O) groups is 1. The van der Waals surface area contributed by atoms with Crippen LogP contribution in [0.3, 0.4) is 0 Å². The van der Waals surface area contributed by atoms with Gasteiger partial charge in [-0.25, -0.2) is 0 Å². The Morgan fingerprint density at radius 1 is 1.09 bits per heavy atom. The van der Waals surface area contributed by atoms with E-state index in [1.807, 2.05) is 4.90 Å². The molecule has 2 aliphatic heterocycles. The summed E-state index contributed by atoms with van der Waals surface area (Å²) in [5.74, 6) is 0.984. The van der Waals surface area contributed by atoms with Gasteiger partial charge >= 0.3 is 0 Å². The van der Waals surface area contributed by atoms with Crippen LogP contribution in [-0.2, 0) is 13.1 Å². The van der Waals surface area contributed by atoms with Crippen molar-refractivity contribution in [2.75, 3.05) is 19.6 Å². The molecule has 5 nitrogen and oxygen atoms in total. The second kappa shape index (κ2) is 6.03. The van der Waals surface area contributed by atoms with E-state index >= 15 is 0 Å². The summed E-state index contributed by atoms with van der Waals surface area (Å²) in [6, 6.07) is 0. The fourth-order valence-electron chi connectivity index (χ4n) is 4.32. The van der Waals surface area contributed by atoms with Crippen LogP contribution in [0.15, 0.2) is 0 Å². The van der Waals surface area contributed by atoms with E-state index in [4.69, 9.17) is 0 Å². The lowest BCUT2D eigenvalue weighted by Gasteiger charge is -2.26. The molecule has 0 aromatic carbocycles. The van der Waals surface area contributed by atoms with Gasteiger partial charge in [0.1, 0.15) is 0 Å². The molecule has 1 aliphatic carbocycles. The first-order chi connectivity index (χ1) is 10.8.